The molecule has 2 rings (SSSR count). The highest BCUT2D eigenvalue weighted by Crippen LogP contribution is 2.27. The number of aryl methyl sites for hydroxylation is 1. The van der Waals surface area contributed by atoms with Crippen LogP contribution in [0.25, 0.3) is 0 Å². The average molecular weight is 412 g/mol. The molecule has 0 radical (unpaired) electrons. The summed E-state index contributed by atoms with van der Waals surface area (Å²) in [5, 5.41) is 6.79. The van der Waals surface area contributed by atoms with E-state index in [0.717, 1.165) is 11.1 Å². The second kappa shape index (κ2) is 11.0. The smallest absolute Gasteiger partial charge is 0.262 e. The minimum atomic E-state index is -0.717. The molecule has 2 N–H and O–H groups in total. The van der Waals surface area contributed by atoms with E-state index in [9.17, 15) is 9.59 Å². The van der Waals surface area contributed by atoms with Crippen molar-refractivity contribution in [2.24, 2.45) is 11.0 Å². The Kier molecular flexibility index (Phi) is 8.41. The Balaban J connectivity index is 2.02. The van der Waals surface area contributed by atoms with Crippen molar-refractivity contribution in [2.45, 2.75) is 33.7 Å². The highest BCUT2D eigenvalue weighted by molar-refractivity contribution is 5.97. The summed E-state index contributed by atoms with van der Waals surface area (Å²) in [6.45, 7) is 8.10. The Bertz CT molecular complexity index is 892. The summed E-state index contributed by atoms with van der Waals surface area (Å²) >= 11 is 0. The van der Waals surface area contributed by atoms with Gasteiger partial charge in [-0.1, -0.05) is 31.5 Å². The molecule has 160 valence electrons. The molecule has 0 aliphatic rings. The van der Waals surface area contributed by atoms with Crippen molar-refractivity contribution in [3.05, 3.63) is 59.2 Å². The molecule has 30 heavy (non-hydrogen) atoms. The van der Waals surface area contributed by atoms with Gasteiger partial charge in [0.2, 0.25) is 0 Å². The molecule has 0 spiro atoms. The van der Waals surface area contributed by atoms with Crippen LogP contribution in [0.2, 0.25) is 0 Å². The maximum atomic E-state index is 12.6. The SMILES string of the molecule is CCOc1ccc(C=NNC(=O)C(NC(=O)c2ccc(C)cc2)C(C)C)cc1OC. The lowest BCUT2D eigenvalue weighted by Crippen LogP contribution is -2.48. The summed E-state index contributed by atoms with van der Waals surface area (Å²) in [6, 6.07) is 11.8. The van der Waals surface area contributed by atoms with Crippen molar-refractivity contribution >= 4 is 18.0 Å². The van der Waals surface area contributed by atoms with Crippen molar-refractivity contribution in [2.75, 3.05) is 13.7 Å². The van der Waals surface area contributed by atoms with Crippen LogP contribution < -0.4 is 20.2 Å². The molecule has 0 saturated heterocycles. The zero-order valence-corrected chi connectivity index (χ0v) is 18.1. The van der Waals surface area contributed by atoms with Gasteiger partial charge in [0, 0.05) is 5.56 Å². The van der Waals surface area contributed by atoms with Crippen LogP contribution in [0.5, 0.6) is 11.5 Å². The molecule has 2 aromatic carbocycles. The number of nitrogens with zero attached hydrogens (tertiary/aromatic N) is 1. The van der Waals surface area contributed by atoms with Gasteiger partial charge in [0.15, 0.2) is 11.5 Å². The first kappa shape index (κ1) is 22.9. The number of nitrogens with one attached hydrogen (secondary N) is 2. The third-order valence-corrected chi connectivity index (χ3v) is 4.43. The van der Waals surface area contributed by atoms with Crippen molar-refractivity contribution in [3.8, 4) is 11.5 Å². The van der Waals surface area contributed by atoms with Crippen LogP contribution in [0, 0.1) is 12.8 Å². The van der Waals surface area contributed by atoms with E-state index < -0.39 is 6.04 Å². The van der Waals surface area contributed by atoms with Crippen LogP contribution in [0.4, 0.5) is 0 Å². The van der Waals surface area contributed by atoms with Crippen LogP contribution in [-0.2, 0) is 4.79 Å². The van der Waals surface area contributed by atoms with Crippen molar-refractivity contribution in [1.29, 1.82) is 0 Å². The average Bonchev–Trinajstić information content (AvgIpc) is 2.73. The molecule has 1 unspecified atom stereocenters. The molecule has 0 bridgehead atoms. The summed E-state index contributed by atoms with van der Waals surface area (Å²) in [4.78, 5) is 25.0. The second-order valence-electron chi connectivity index (χ2n) is 7.14. The Morgan fingerprint density at radius 3 is 2.40 bits per heavy atom. The van der Waals surface area contributed by atoms with E-state index in [4.69, 9.17) is 9.47 Å². The van der Waals surface area contributed by atoms with Gasteiger partial charge in [-0.2, -0.15) is 5.10 Å². The van der Waals surface area contributed by atoms with Crippen LogP contribution in [0.1, 0.15) is 42.3 Å². The lowest BCUT2D eigenvalue weighted by molar-refractivity contribution is -0.123. The standard InChI is InChI=1S/C23H29N3O4/c1-6-30-19-12-9-17(13-20(19)29-5)14-24-26-23(28)21(15(2)3)25-22(27)18-10-7-16(4)8-11-18/h7-15,21H,6H2,1-5H3,(H,25,27)(H,26,28). The fourth-order valence-corrected chi connectivity index (χ4v) is 2.74. The highest BCUT2D eigenvalue weighted by atomic mass is 16.5. The fraction of sp³-hybridized carbons (Fsp3) is 0.348. The molecule has 0 saturated carbocycles. The van der Waals surface area contributed by atoms with E-state index in [-0.39, 0.29) is 17.7 Å². The monoisotopic (exact) mass is 411 g/mol. The molecule has 2 amide bonds. The van der Waals surface area contributed by atoms with Crippen molar-refractivity contribution in [1.82, 2.24) is 10.7 Å². The third kappa shape index (κ3) is 6.34. The summed E-state index contributed by atoms with van der Waals surface area (Å²) in [5.41, 5.74) is 4.80. The number of hydrogen-bond acceptors (Lipinski definition) is 5. The minimum absolute atomic E-state index is 0.111. The molecule has 2 aromatic rings. The first-order chi connectivity index (χ1) is 14.3. The van der Waals surface area contributed by atoms with Gasteiger partial charge < -0.3 is 14.8 Å². The molecule has 7 nitrogen and oxygen atoms in total. The number of rotatable bonds is 9. The highest BCUT2D eigenvalue weighted by Gasteiger charge is 2.24. The van der Waals surface area contributed by atoms with Gasteiger partial charge in [-0.25, -0.2) is 5.43 Å². The number of ether oxygens (including phenoxy) is 2. The van der Waals surface area contributed by atoms with Gasteiger partial charge in [-0.3, -0.25) is 9.59 Å². The molecule has 0 aliphatic carbocycles. The maximum Gasteiger partial charge on any atom is 0.262 e. The van der Waals surface area contributed by atoms with E-state index in [1.807, 2.05) is 45.9 Å². The second-order valence-corrected chi connectivity index (χ2v) is 7.14. The van der Waals surface area contributed by atoms with Gasteiger partial charge in [-0.15, -0.1) is 0 Å². The van der Waals surface area contributed by atoms with E-state index in [0.29, 0.717) is 23.7 Å². The van der Waals surface area contributed by atoms with Crippen LogP contribution >= 0.6 is 0 Å². The number of amides is 2. The van der Waals surface area contributed by atoms with Crippen LogP contribution in [-0.4, -0.2) is 37.8 Å². The van der Waals surface area contributed by atoms with Crippen molar-refractivity contribution in [3.63, 3.8) is 0 Å². The quantitative estimate of drug-likeness (QED) is 0.489. The fourth-order valence-electron chi connectivity index (χ4n) is 2.74. The minimum Gasteiger partial charge on any atom is -0.493 e. The van der Waals surface area contributed by atoms with E-state index in [1.54, 1.807) is 31.4 Å². The number of hydrazone groups is 1. The van der Waals surface area contributed by atoms with Gasteiger partial charge in [0.05, 0.1) is 19.9 Å². The summed E-state index contributed by atoms with van der Waals surface area (Å²) in [7, 11) is 1.56. The summed E-state index contributed by atoms with van der Waals surface area (Å²) in [5.74, 6) is 0.418. The van der Waals surface area contributed by atoms with Gasteiger partial charge in [0.1, 0.15) is 6.04 Å². The van der Waals surface area contributed by atoms with Crippen molar-refractivity contribution < 1.29 is 19.1 Å². The Labute approximate surface area is 177 Å². The third-order valence-electron chi connectivity index (χ3n) is 4.43. The number of methoxy groups -OCH3 is 1. The number of hydrogen-bond donors (Lipinski definition) is 2. The van der Waals surface area contributed by atoms with E-state index in [1.165, 1.54) is 6.21 Å². The van der Waals surface area contributed by atoms with Gasteiger partial charge in [-0.05, 0) is 55.7 Å². The van der Waals surface area contributed by atoms with Gasteiger partial charge in [0.25, 0.3) is 11.8 Å². The maximum absolute atomic E-state index is 12.6. The number of benzene rings is 2. The largest absolute Gasteiger partial charge is 0.493 e. The number of carbonyl (C=O) groups excluding carboxylic acids is 2. The van der Waals surface area contributed by atoms with Gasteiger partial charge >= 0.3 is 0 Å². The van der Waals surface area contributed by atoms with E-state index in [2.05, 4.69) is 15.8 Å². The normalized spacial score (nSPS) is 11.9. The Hall–Kier alpha value is -3.35. The molecular formula is C23H29N3O4. The number of carbonyl (C=O) groups is 2. The lowest BCUT2D eigenvalue weighted by Gasteiger charge is -2.20. The molecule has 0 aromatic heterocycles. The molecule has 0 fully saturated rings. The van der Waals surface area contributed by atoms with Crippen LogP contribution in [0.15, 0.2) is 47.6 Å². The van der Waals surface area contributed by atoms with E-state index >= 15 is 0 Å². The summed E-state index contributed by atoms with van der Waals surface area (Å²) in [6.07, 6.45) is 1.51. The molecule has 1 atom stereocenters. The predicted molar refractivity (Wildman–Crippen MR) is 117 cm³/mol. The first-order valence-corrected chi connectivity index (χ1v) is 9.87. The zero-order chi connectivity index (χ0) is 22.1. The zero-order valence-electron chi connectivity index (χ0n) is 18.1. The lowest BCUT2D eigenvalue weighted by atomic mass is 10.0. The Morgan fingerprint density at radius 1 is 1.10 bits per heavy atom. The first-order valence-electron chi connectivity index (χ1n) is 9.87. The summed E-state index contributed by atoms with van der Waals surface area (Å²) < 4.78 is 10.8. The molecule has 0 aliphatic heterocycles. The topological polar surface area (TPSA) is 89.0 Å². The Morgan fingerprint density at radius 2 is 1.80 bits per heavy atom. The predicted octanol–water partition coefficient (Wildman–Crippen LogP) is 3.31. The molecular weight excluding hydrogens is 382 g/mol. The van der Waals surface area contributed by atoms with Crippen LogP contribution in [0.3, 0.4) is 0 Å². The molecule has 7 heteroatoms. The molecule has 0 heterocycles.